The molecule has 1 aromatic carbocycles. The maximum Gasteiger partial charge on any atom is 0.0954 e. The van der Waals surface area contributed by atoms with Crippen molar-refractivity contribution in [2.24, 2.45) is 5.73 Å². The number of benzene rings is 1. The highest BCUT2D eigenvalue weighted by atomic mass is 16.5. The second kappa shape index (κ2) is 5.99. The Morgan fingerprint density at radius 2 is 1.94 bits per heavy atom. The van der Waals surface area contributed by atoms with Gasteiger partial charge in [0.2, 0.25) is 0 Å². The van der Waals surface area contributed by atoms with Gasteiger partial charge in [0.1, 0.15) is 0 Å². The van der Waals surface area contributed by atoms with Gasteiger partial charge in [0.25, 0.3) is 0 Å². The maximum absolute atomic E-state index is 9.42. The van der Waals surface area contributed by atoms with E-state index in [0.29, 0.717) is 6.54 Å². The molecule has 3 N–H and O–H groups in total. The molecule has 1 aromatic rings. The van der Waals surface area contributed by atoms with E-state index in [4.69, 9.17) is 10.5 Å². The van der Waals surface area contributed by atoms with Crippen molar-refractivity contribution in [3.05, 3.63) is 35.4 Å². The Bertz CT molecular complexity index is 325. The molecule has 16 heavy (non-hydrogen) atoms. The third kappa shape index (κ3) is 3.30. The summed E-state index contributed by atoms with van der Waals surface area (Å²) >= 11 is 0. The second-order valence-electron chi connectivity index (χ2n) is 4.16. The molecule has 90 valence electrons. The third-order valence-electron chi connectivity index (χ3n) is 2.81. The minimum Gasteiger partial charge on any atom is -0.391 e. The van der Waals surface area contributed by atoms with Gasteiger partial charge in [0, 0.05) is 6.54 Å². The van der Waals surface area contributed by atoms with Crippen molar-refractivity contribution in [1.82, 2.24) is 0 Å². The molecule has 0 saturated heterocycles. The number of aliphatic hydroxyl groups is 1. The van der Waals surface area contributed by atoms with Gasteiger partial charge in [-0.1, -0.05) is 24.3 Å². The van der Waals surface area contributed by atoms with Gasteiger partial charge in [-0.05, 0) is 31.9 Å². The van der Waals surface area contributed by atoms with E-state index < -0.39 is 6.10 Å². The normalized spacial score (nSPS) is 16.8. The maximum atomic E-state index is 9.42. The van der Waals surface area contributed by atoms with E-state index in [1.54, 1.807) is 6.92 Å². The SMILES string of the molecule is Cc1ccccc1C(CN)OC(C)C(C)O. The van der Waals surface area contributed by atoms with Crippen LogP contribution in [0.3, 0.4) is 0 Å². The van der Waals surface area contributed by atoms with Crippen LogP contribution < -0.4 is 5.73 Å². The van der Waals surface area contributed by atoms with Crippen LogP contribution in [0.15, 0.2) is 24.3 Å². The number of hydrogen-bond acceptors (Lipinski definition) is 3. The van der Waals surface area contributed by atoms with Crippen LogP contribution in [0.5, 0.6) is 0 Å². The van der Waals surface area contributed by atoms with Crippen LogP contribution in [0.25, 0.3) is 0 Å². The molecule has 3 nitrogen and oxygen atoms in total. The van der Waals surface area contributed by atoms with Gasteiger partial charge in [0.05, 0.1) is 18.3 Å². The van der Waals surface area contributed by atoms with Crippen molar-refractivity contribution in [3.8, 4) is 0 Å². The van der Waals surface area contributed by atoms with Crippen molar-refractivity contribution >= 4 is 0 Å². The molecule has 0 amide bonds. The number of aryl methyl sites for hydroxylation is 1. The van der Waals surface area contributed by atoms with E-state index in [2.05, 4.69) is 0 Å². The smallest absolute Gasteiger partial charge is 0.0954 e. The Balaban J connectivity index is 2.79. The van der Waals surface area contributed by atoms with E-state index in [1.165, 1.54) is 0 Å². The van der Waals surface area contributed by atoms with Gasteiger partial charge >= 0.3 is 0 Å². The third-order valence-corrected chi connectivity index (χ3v) is 2.81. The standard InChI is InChI=1S/C13H21NO2/c1-9-6-4-5-7-12(9)13(8-14)16-11(3)10(2)15/h4-7,10-11,13,15H,8,14H2,1-3H3. The molecule has 3 heteroatoms. The Labute approximate surface area is 97.2 Å². The molecule has 0 radical (unpaired) electrons. The van der Waals surface area contributed by atoms with Crippen LogP contribution in [0.2, 0.25) is 0 Å². The molecule has 3 unspecified atom stereocenters. The van der Waals surface area contributed by atoms with Crippen molar-refractivity contribution in [3.63, 3.8) is 0 Å². The van der Waals surface area contributed by atoms with Crippen LogP contribution in [0.1, 0.15) is 31.1 Å². The zero-order valence-electron chi connectivity index (χ0n) is 10.2. The summed E-state index contributed by atoms with van der Waals surface area (Å²) in [6, 6.07) is 8.02. The topological polar surface area (TPSA) is 55.5 Å². The van der Waals surface area contributed by atoms with Crippen molar-refractivity contribution in [2.45, 2.75) is 39.1 Å². The molecule has 0 fully saturated rings. The fourth-order valence-electron chi connectivity index (χ4n) is 1.58. The number of nitrogens with two attached hydrogens (primary N) is 1. The summed E-state index contributed by atoms with van der Waals surface area (Å²) in [4.78, 5) is 0. The number of rotatable bonds is 5. The summed E-state index contributed by atoms with van der Waals surface area (Å²) in [6.45, 7) is 6.03. The van der Waals surface area contributed by atoms with E-state index in [9.17, 15) is 5.11 Å². The zero-order valence-corrected chi connectivity index (χ0v) is 10.2. The number of hydrogen-bond donors (Lipinski definition) is 2. The van der Waals surface area contributed by atoms with Gasteiger partial charge in [-0.25, -0.2) is 0 Å². The predicted octanol–water partition coefficient (Wildman–Crippen LogP) is 1.78. The molecular formula is C13H21NO2. The van der Waals surface area contributed by atoms with Gasteiger partial charge in [0.15, 0.2) is 0 Å². The highest BCUT2D eigenvalue weighted by molar-refractivity contribution is 5.28. The molecule has 0 bridgehead atoms. The fraction of sp³-hybridized carbons (Fsp3) is 0.538. The Morgan fingerprint density at radius 1 is 1.31 bits per heavy atom. The first-order valence-corrected chi connectivity index (χ1v) is 5.65. The lowest BCUT2D eigenvalue weighted by molar-refractivity contribution is -0.0593. The summed E-state index contributed by atoms with van der Waals surface area (Å²) in [7, 11) is 0. The average Bonchev–Trinajstić information content (AvgIpc) is 2.26. The van der Waals surface area contributed by atoms with Gasteiger partial charge < -0.3 is 15.6 Å². The Hall–Kier alpha value is -0.900. The lowest BCUT2D eigenvalue weighted by Gasteiger charge is -2.24. The predicted molar refractivity (Wildman–Crippen MR) is 65.2 cm³/mol. The highest BCUT2D eigenvalue weighted by Gasteiger charge is 2.18. The first-order chi connectivity index (χ1) is 7.56. The van der Waals surface area contributed by atoms with E-state index in [0.717, 1.165) is 11.1 Å². The molecule has 0 aliphatic rings. The molecule has 0 aromatic heterocycles. The fourth-order valence-corrected chi connectivity index (χ4v) is 1.58. The van der Waals surface area contributed by atoms with Gasteiger partial charge in [-0.15, -0.1) is 0 Å². The minimum atomic E-state index is -0.488. The number of ether oxygens (including phenoxy) is 1. The van der Waals surface area contributed by atoms with Gasteiger partial charge in [-0.3, -0.25) is 0 Å². The lowest BCUT2D eigenvalue weighted by atomic mass is 10.0. The summed E-state index contributed by atoms with van der Waals surface area (Å²) in [5.41, 5.74) is 7.97. The van der Waals surface area contributed by atoms with Crippen molar-refractivity contribution in [2.75, 3.05) is 6.54 Å². The van der Waals surface area contributed by atoms with Crippen molar-refractivity contribution in [1.29, 1.82) is 0 Å². The molecular weight excluding hydrogens is 202 g/mol. The molecule has 1 rings (SSSR count). The first kappa shape index (κ1) is 13.2. The summed E-state index contributed by atoms with van der Waals surface area (Å²) in [5, 5.41) is 9.42. The zero-order chi connectivity index (χ0) is 12.1. The lowest BCUT2D eigenvalue weighted by Crippen LogP contribution is -2.28. The van der Waals surface area contributed by atoms with Crippen LogP contribution in [-0.4, -0.2) is 23.9 Å². The monoisotopic (exact) mass is 223 g/mol. The van der Waals surface area contributed by atoms with Crippen LogP contribution >= 0.6 is 0 Å². The van der Waals surface area contributed by atoms with Gasteiger partial charge in [-0.2, -0.15) is 0 Å². The summed E-state index contributed by atoms with van der Waals surface area (Å²) < 4.78 is 5.75. The molecule has 0 aliphatic carbocycles. The Morgan fingerprint density at radius 3 is 2.44 bits per heavy atom. The molecule has 0 saturated carbocycles. The van der Waals surface area contributed by atoms with E-state index in [-0.39, 0.29) is 12.2 Å². The van der Waals surface area contributed by atoms with Crippen LogP contribution in [-0.2, 0) is 4.74 Å². The summed E-state index contributed by atoms with van der Waals surface area (Å²) in [6.07, 6.45) is -0.850. The number of aliphatic hydroxyl groups excluding tert-OH is 1. The molecule has 0 heterocycles. The Kier molecular flexibility index (Phi) is 4.93. The average molecular weight is 223 g/mol. The van der Waals surface area contributed by atoms with Crippen LogP contribution in [0, 0.1) is 6.92 Å². The van der Waals surface area contributed by atoms with Crippen molar-refractivity contribution < 1.29 is 9.84 Å². The van der Waals surface area contributed by atoms with Crippen LogP contribution in [0.4, 0.5) is 0 Å². The highest BCUT2D eigenvalue weighted by Crippen LogP contribution is 2.22. The largest absolute Gasteiger partial charge is 0.391 e. The van der Waals surface area contributed by atoms with E-state index >= 15 is 0 Å². The first-order valence-electron chi connectivity index (χ1n) is 5.65. The molecule has 3 atom stereocenters. The molecule has 0 spiro atoms. The minimum absolute atomic E-state index is 0.147. The molecule has 0 aliphatic heterocycles. The van der Waals surface area contributed by atoms with E-state index in [1.807, 2.05) is 38.1 Å². The summed E-state index contributed by atoms with van der Waals surface area (Å²) in [5.74, 6) is 0. The second-order valence-corrected chi connectivity index (χ2v) is 4.16. The quantitative estimate of drug-likeness (QED) is 0.800.